The molecule has 0 unspecified atom stereocenters. The molecule has 0 aliphatic carbocycles. The number of alkyl halides is 13. The number of rotatable bonds is 7. The van der Waals surface area contributed by atoms with Gasteiger partial charge in [0.25, 0.3) is 0 Å². The molecule has 0 rings (SSSR count). The maximum atomic E-state index is 12.8. The van der Waals surface area contributed by atoms with Gasteiger partial charge in [0.05, 0.1) is 0 Å². The highest BCUT2D eigenvalue weighted by molar-refractivity contribution is 14.1. The number of carbonyl (C=O) groups is 1. The van der Waals surface area contributed by atoms with E-state index in [2.05, 4.69) is 0 Å². The zero-order valence-corrected chi connectivity index (χ0v) is 12.3. The van der Waals surface area contributed by atoms with Crippen LogP contribution in [0.25, 0.3) is 0 Å². The minimum atomic E-state index is -7.60. The van der Waals surface area contributed by atoms with Gasteiger partial charge in [-0.1, -0.05) is 0 Å². The quantitative estimate of drug-likeness (QED) is 0.327. The Morgan fingerprint density at radius 1 is 0.750 bits per heavy atom. The molecule has 0 aromatic rings. The van der Waals surface area contributed by atoms with E-state index in [1.54, 1.807) is 4.74 Å². The topological polar surface area (TPSA) is 78.0 Å². The van der Waals surface area contributed by atoms with Crippen molar-refractivity contribution >= 4 is 28.6 Å². The van der Waals surface area contributed by atoms with Crippen LogP contribution in [-0.4, -0.2) is 50.5 Å². The Labute approximate surface area is 136 Å². The van der Waals surface area contributed by atoms with Crippen LogP contribution < -0.4 is 0 Å². The van der Waals surface area contributed by atoms with Crippen LogP contribution in [0.2, 0.25) is 0 Å². The first-order valence-electron chi connectivity index (χ1n) is 4.54. The largest absolute Gasteiger partial charge is 0.477 e. The Hall–Kier alpha value is -0.720. The van der Waals surface area contributed by atoms with Crippen LogP contribution in [0.3, 0.4) is 0 Å². The van der Waals surface area contributed by atoms with Crippen molar-refractivity contribution in [2.75, 3.05) is 0 Å². The van der Waals surface area contributed by atoms with Crippen LogP contribution in [-0.2, 0) is 9.53 Å². The molecule has 4 nitrogen and oxygen atoms in total. The molecule has 3 N–H and O–H groups in total. The van der Waals surface area contributed by atoms with Crippen molar-refractivity contribution in [3.63, 3.8) is 0 Å². The standard InChI is InChI=1S/C7HF12IO3.H2O/c8-2(9,1(21)22)3(10,11)4(12,13)6(16,17)23-7(18,19)5(14,15)20;/h(H,21,22);1H2. The smallest absolute Gasteiger partial charge is 0.433 e. The van der Waals surface area contributed by atoms with Gasteiger partial charge in [0, 0.05) is 22.6 Å². The van der Waals surface area contributed by atoms with Crippen LogP contribution in [0, 0.1) is 0 Å². The molecule has 0 fully saturated rings. The van der Waals surface area contributed by atoms with Crippen LogP contribution >= 0.6 is 22.6 Å². The van der Waals surface area contributed by atoms with Gasteiger partial charge in [0.15, 0.2) is 0 Å². The van der Waals surface area contributed by atoms with E-state index in [1.165, 1.54) is 0 Å². The SMILES string of the molecule is O.O=C(O)C(F)(F)C(F)(F)C(F)(F)C(F)(F)OC(F)(F)C(F)(F)I. The van der Waals surface area contributed by atoms with Gasteiger partial charge in [-0.25, -0.2) is 9.53 Å². The van der Waals surface area contributed by atoms with Gasteiger partial charge in [-0.3, -0.25) is 0 Å². The summed E-state index contributed by atoms with van der Waals surface area (Å²) in [4.78, 5) is 9.77. The van der Waals surface area contributed by atoms with Crippen molar-refractivity contribution in [2.24, 2.45) is 0 Å². The third-order valence-electron chi connectivity index (χ3n) is 2.01. The summed E-state index contributed by atoms with van der Waals surface area (Å²) in [5, 5.41) is 7.65. The second kappa shape index (κ2) is 6.54. The van der Waals surface area contributed by atoms with E-state index in [-0.39, 0.29) is 5.48 Å². The molecule has 17 heteroatoms. The number of carboxylic acid groups (broad SMARTS) is 1. The number of halogens is 13. The molecule has 0 saturated carbocycles. The lowest BCUT2D eigenvalue weighted by Crippen LogP contribution is -2.66. The first kappa shape index (κ1) is 25.5. The zero-order valence-electron chi connectivity index (χ0n) is 10.2. The molecular weight excluding hydrogens is 503 g/mol. The first-order valence-corrected chi connectivity index (χ1v) is 5.62. The van der Waals surface area contributed by atoms with E-state index in [4.69, 9.17) is 5.11 Å². The lowest BCUT2D eigenvalue weighted by Gasteiger charge is -2.36. The highest BCUT2D eigenvalue weighted by Crippen LogP contribution is 2.55. The Bertz CT molecular complexity index is 473. The predicted octanol–water partition coefficient (Wildman–Crippen LogP) is 3.38. The normalized spacial score (nSPS) is 15.0. The summed E-state index contributed by atoms with van der Waals surface area (Å²) in [6.45, 7) is 0. The van der Waals surface area contributed by atoms with Gasteiger partial charge in [0.2, 0.25) is 0 Å². The highest BCUT2D eigenvalue weighted by atomic mass is 127. The monoisotopic (exact) mass is 506 g/mol. The summed E-state index contributed by atoms with van der Waals surface area (Å²) in [7, 11) is 0. The molecule has 0 bridgehead atoms. The molecule has 0 aliphatic heterocycles. The molecule has 0 aromatic carbocycles. The van der Waals surface area contributed by atoms with E-state index in [9.17, 15) is 57.5 Å². The van der Waals surface area contributed by atoms with Crippen LogP contribution in [0.1, 0.15) is 0 Å². The highest BCUT2D eigenvalue weighted by Gasteiger charge is 2.85. The fourth-order valence-corrected chi connectivity index (χ4v) is 0.907. The average molecular weight is 506 g/mol. The number of carboxylic acids is 1. The first-order chi connectivity index (χ1) is 9.65. The van der Waals surface area contributed by atoms with Crippen molar-refractivity contribution in [2.45, 2.75) is 33.9 Å². The summed E-state index contributed by atoms with van der Waals surface area (Å²) >= 11 is -0.581. The minimum Gasteiger partial charge on any atom is -0.477 e. The summed E-state index contributed by atoms with van der Waals surface area (Å²) in [5.74, 6) is -26.0. The Balaban J connectivity index is 0. The van der Waals surface area contributed by atoms with Crippen molar-refractivity contribution in [3.8, 4) is 0 Å². The maximum Gasteiger partial charge on any atom is 0.433 e. The maximum absolute atomic E-state index is 12.8. The van der Waals surface area contributed by atoms with E-state index in [0.717, 1.165) is 0 Å². The van der Waals surface area contributed by atoms with Crippen LogP contribution in [0.4, 0.5) is 52.7 Å². The average Bonchev–Trinajstić information content (AvgIpc) is 2.24. The third kappa shape index (κ3) is 3.92. The van der Waals surface area contributed by atoms with Gasteiger partial charge in [-0.2, -0.15) is 52.7 Å². The van der Waals surface area contributed by atoms with E-state index < -0.39 is 62.5 Å². The molecule has 146 valence electrons. The minimum absolute atomic E-state index is 0. The van der Waals surface area contributed by atoms with Gasteiger partial charge in [0.1, 0.15) is 0 Å². The van der Waals surface area contributed by atoms with Gasteiger partial charge in [-0.05, 0) is 0 Å². The predicted molar refractivity (Wildman–Crippen MR) is 56.0 cm³/mol. The molecular formula is C7H3F12IO4. The van der Waals surface area contributed by atoms with Gasteiger partial charge in [-0.15, -0.1) is 0 Å². The van der Waals surface area contributed by atoms with Crippen molar-refractivity contribution in [3.05, 3.63) is 0 Å². The molecule has 0 amide bonds. The Morgan fingerprint density at radius 3 is 1.33 bits per heavy atom. The summed E-state index contributed by atoms with van der Waals surface area (Å²) in [6.07, 6.45) is -13.8. The molecule has 0 saturated heterocycles. The molecule has 0 radical (unpaired) electrons. The van der Waals surface area contributed by atoms with Crippen molar-refractivity contribution in [1.82, 2.24) is 0 Å². The number of hydrogen-bond donors (Lipinski definition) is 1. The Morgan fingerprint density at radius 2 is 1.08 bits per heavy atom. The second-order valence-corrected chi connectivity index (χ2v) is 5.02. The lowest BCUT2D eigenvalue weighted by atomic mass is 10.0. The third-order valence-corrected chi connectivity index (χ3v) is 2.64. The number of aliphatic carboxylic acids is 1. The van der Waals surface area contributed by atoms with Crippen molar-refractivity contribution < 1.29 is 72.8 Å². The van der Waals surface area contributed by atoms with Crippen molar-refractivity contribution in [1.29, 1.82) is 0 Å². The van der Waals surface area contributed by atoms with E-state index in [0.29, 0.717) is 0 Å². The van der Waals surface area contributed by atoms with E-state index >= 15 is 0 Å². The summed E-state index contributed by atoms with van der Waals surface area (Å²) in [6, 6.07) is 0. The number of ether oxygens (including phenoxy) is 1. The van der Waals surface area contributed by atoms with Gasteiger partial charge < -0.3 is 10.6 Å². The fraction of sp³-hybridized carbons (Fsp3) is 0.857. The van der Waals surface area contributed by atoms with Crippen LogP contribution in [0.5, 0.6) is 0 Å². The molecule has 0 aliphatic rings. The van der Waals surface area contributed by atoms with Crippen LogP contribution in [0.15, 0.2) is 0 Å². The zero-order chi connectivity index (χ0) is 19.3. The summed E-state index contributed by atoms with van der Waals surface area (Å²) < 4.78 is 147. The molecule has 0 aromatic heterocycles. The molecule has 24 heavy (non-hydrogen) atoms. The fourth-order valence-electron chi connectivity index (χ4n) is 0.797. The van der Waals surface area contributed by atoms with E-state index in [1.807, 2.05) is 0 Å². The number of hydrogen-bond acceptors (Lipinski definition) is 2. The lowest BCUT2D eigenvalue weighted by molar-refractivity contribution is -0.483. The second-order valence-electron chi connectivity index (χ2n) is 3.66. The molecule has 0 atom stereocenters. The molecule has 0 heterocycles. The summed E-state index contributed by atoms with van der Waals surface area (Å²) in [5.41, 5.74) is 0. The molecule has 0 spiro atoms. The Kier molecular flexibility index (Phi) is 6.95. The van der Waals surface area contributed by atoms with Gasteiger partial charge >= 0.3 is 39.9 Å².